The molecule has 1 aliphatic rings. The van der Waals surface area contributed by atoms with Gasteiger partial charge in [-0.2, -0.15) is 0 Å². The molecule has 2 rings (SSSR count). The van der Waals surface area contributed by atoms with Crippen LogP contribution >= 0.6 is 15.9 Å². The monoisotopic (exact) mass is 327 g/mol. The molecule has 0 radical (unpaired) electrons. The molecule has 1 fully saturated rings. The van der Waals surface area contributed by atoms with Crippen LogP contribution in [0.1, 0.15) is 26.2 Å². The van der Waals surface area contributed by atoms with E-state index in [1.807, 2.05) is 11.8 Å². The van der Waals surface area contributed by atoms with E-state index in [0.717, 1.165) is 30.4 Å². The maximum Gasteiger partial charge on any atom is 0.316 e. The molecule has 1 atom stereocenters. The number of hydrogen-bond donors (Lipinski definition) is 0. The Balaban J connectivity index is 1.82. The predicted octanol–water partition coefficient (Wildman–Crippen LogP) is 2.27. The number of hydrogen-bond acceptors (Lipinski definition) is 4. The fourth-order valence-electron chi connectivity index (χ4n) is 2.22. The Morgan fingerprint density at radius 2 is 2.26 bits per heavy atom. The zero-order valence-electron chi connectivity index (χ0n) is 11.0. The average molecular weight is 328 g/mol. The van der Waals surface area contributed by atoms with Gasteiger partial charge in [-0.05, 0) is 28.8 Å². The Labute approximate surface area is 121 Å². The van der Waals surface area contributed by atoms with Crippen LogP contribution < -0.4 is 4.74 Å². The molecule has 6 heteroatoms. The van der Waals surface area contributed by atoms with Crippen LogP contribution in [0.25, 0.3) is 0 Å². The summed E-state index contributed by atoms with van der Waals surface area (Å²) in [5.74, 6) is 0.598. The van der Waals surface area contributed by atoms with Gasteiger partial charge in [0.25, 0.3) is 0 Å². The lowest BCUT2D eigenvalue weighted by molar-refractivity contribution is -0.132. The molecule has 1 unspecified atom stereocenters. The minimum absolute atomic E-state index is 0.226. The van der Waals surface area contributed by atoms with Crippen molar-refractivity contribution >= 4 is 21.8 Å². The number of halogens is 1. The minimum Gasteiger partial charge on any atom is -0.463 e. The minimum atomic E-state index is 0.226. The summed E-state index contributed by atoms with van der Waals surface area (Å²) in [6.45, 7) is 4.12. The molecule has 1 amide bonds. The molecule has 1 aromatic heterocycles. The highest BCUT2D eigenvalue weighted by atomic mass is 79.9. The summed E-state index contributed by atoms with van der Waals surface area (Å²) in [7, 11) is 0. The fourth-order valence-corrected chi connectivity index (χ4v) is 2.42. The van der Waals surface area contributed by atoms with Crippen LogP contribution in [-0.2, 0) is 4.79 Å². The molecule has 1 aliphatic heterocycles. The quantitative estimate of drug-likeness (QED) is 0.851. The number of carbonyl (C=O) groups excluding carboxylic acids is 1. The smallest absolute Gasteiger partial charge is 0.316 e. The Morgan fingerprint density at radius 1 is 1.53 bits per heavy atom. The summed E-state index contributed by atoms with van der Waals surface area (Å²) < 4.78 is 6.41. The summed E-state index contributed by atoms with van der Waals surface area (Å²) in [4.78, 5) is 21.8. The van der Waals surface area contributed by atoms with Crippen LogP contribution in [0.2, 0.25) is 0 Å². The zero-order chi connectivity index (χ0) is 13.7. The van der Waals surface area contributed by atoms with Crippen molar-refractivity contribution in [1.29, 1.82) is 0 Å². The summed E-state index contributed by atoms with van der Waals surface area (Å²) in [5, 5.41) is 0. The first-order chi connectivity index (χ1) is 9.19. The maximum atomic E-state index is 11.7. The molecule has 0 aliphatic carbocycles. The van der Waals surface area contributed by atoms with E-state index >= 15 is 0 Å². The van der Waals surface area contributed by atoms with Gasteiger partial charge >= 0.3 is 6.01 Å². The molecule has 0 spiro atoms. The lowest BCUT2D eigenvalue weighted by Gasteiger charge is -2.32. The van der Waals surface area contributed by atoms with Crippen LogP contribution in [0, 0.1) is 5.92 Å². The number of aromatic nitrogens is 2. The van der Waals surface area contributed by atoms with E-state index in [4.69, 9.17) is 4.74 Å². The van der Waals surface area contributed by atoms with Gasteiger partial charge in [-0.1, -0.05) is 6.92 Å². The van der Waals surface area contributed by atoms with E-state index in [1.165, 1.54) is 0 Å². The molecular formula is C13H18BrN3O2. The average Bonchev–Trinajstić information content (AvgIpc) is 2.46. The van der Waals surface area contributed by atoms with Gasteiger partial charge in [0, 0.05) is 37.8 Å². The summed E-state index contributed by atoms with van der Waals surface area (Å²) in [5.41, 5.74) is 0. The second kappa shape index (κ2) is 6.84. The maximum absolute atomic E-state index is 11.7. The van der Waals surface area contributed by atoms with Gasteiger partial charge in [0.15, 0.2) is 0 Å². The third-order valence-electron chi connectivity index (χ3n) is 3.22. The largest absolute Gasteiger partial charge is 0.463 e. The van der Waals surface area contributed by atoms with E-state index < -0.39 is 0 Å². The Kier molecular flexibility index (Phi) is 5.13. The first-order valence-electron chi connectivity index (χ1n) is 6.57. The summed E-state index contributed by atoms with van der Waals surface area (Å²) >= 11 is 3.28. The van der Waals surface area contributed by atoms with Crippen molar-refractivity contribution in [3.8, 4) is 6.01 Å². The van der Waals surface area contributed by atoms with Gasteiger partial charge in [0.05, 0.1) is 11.1 Å². The number of ether oxygens (including phenoxy) is 1. The van der Waals surface area contributed by atoms with E-state index in [1.54, 1.807) is 12.4 Å². The molecule has 5 nitrogen and oxygen atoms in total. The van der Waals surface area contributed by atoms with Crippen molar-refractivity contribution in [2.45, 2.75) is 26.2 Å². The number of carbonyl (C=O) groups is 1. The van der Waals surface area contributed by atoms with Crippen LogP contribution in [0.15, 0.2) is 16.9 Å². The van der Waals surface area contributed by atoms with Crippen LogP contribution in [0.4, 0.5) is 0 Å². The second-order valence-corrected chi connectivity index (χ2v) is 5.61. The molecule has 0 bridgehead atoms. The van der Waals surface area contributed by atoms with Gasteiger partial charge in [0.2, 0.25) is 5.91 Å². The van der Waals surface area contributed by atoms with Gasteiger partial charge in [-0.15, -0.1) is 0 Å². The van der Waals surface area contributed by atoms with Crippen molar-refractivity contribution in [2.24, 2.45) is 5.92 Å². The number of rotatable bonds is 4. The van der Waals surface area contributed by atoms with E-state index in [-0.39, 0.29) is 5.91 Å². The van der Waals surface area contributed by atoms with Gasteiger partial charge < -0.3 is 9.64 Å². The first-order valence-corrected chi connectivity index (χ1v) is 7.36. The van der Waals surface area contributed by atoms with Crippen LogP contribution in [0.5, 0.6) is 6.01 Å². The van der Waals surface area contributed by atoms with Crippen LogP contribution in [-0.4, -0.2) is 40.5 Å². The van der Waals surface area contributed by atoms with Crippen molar-refractivity contribution in [3.05, 3.63) is 16.9 Å². The first kappa shape index (κ1) is 14.2. The fraction of sp³-hybridized carbons (Fsp3) is 0.615. The molecule has 19 heavy (non-hydrogen) atoms. The van der Waals surface area contributed by atoms with Crippen molar-refractivity contribution < 1.29 is 9.53 Å². The summed E-state index contributed by atoms with van der Waals surface area (Å²) in [6.07, 6.45) is 6.03. The highest BCUT2D eigenvalue weighted by Gasteiger charge is 2.23. The van der Waals surface area contributed by atoms with Gasteiger partial charge in [0.1, 0.15) is 0 Å². The Morgan fingerprint density at radius 3 is 2.95 bits per heavy atom. The van der Waals surface area contributed by atoms with Gasteiger partial charge in [-0.3, -0.25) is 4.79 Å². The molecule has 1 aromatic rings. The number of likely N-dealkylation sites (tertiary alicyclic amines) is 1. The third-order valence-corrected chi connectivity index (χ3v) is 3.63. The molecule has 104 valence electrons. The lowest BCUT2D eigenvalue weighted by Crippen LogP contribution is -2.41. The molecule has 0 N–H and O–H groups in total. The van der Waals surface area contributed by atoms with Crippen molar-refractivity contribution in [1.82, 2.24) is 14.9 Å². The number of piperidine rings is 1. The van der Waals surface area contributed by atoms with E-state index in [0.29, 0.717) is 25.0 Å². The molecule has 1 saturated heterocycles. The molecule has 0 saturated carbocycles. The molecule has 2 heterocycles. The zero-order valence-corrected chi connectivity index (χ0v) is 12.6. The summed E-state index contributed by atoms with van der Waals surface area (Å²) in [6, 6.07) is 0.391. The standard InChI is InChI=1S/C13H18BrN3O2/c1-2-12(18)17-5-3-4-10(8-17)9-19-13-15-6-11(14)7-16-13/h6-7,10H,2-5,8-9H2,1H3. The SMILES string of the molecule is CCC(=O)N1CCCC(COc2ncc(Br)cn2)C1. The van der Waals surface area contributed by atoms with Gasteiger partial charge in [-0.25, -0.2) is 9.97 Å². The van der Waals surface area contributed by atoms with E-state index in [9.17, 15) is 4.79 Å². The Hall–Kier alpha value is -1.17. The van der Waals surface area contributed by atoms with E-state index in [2.05, 4.69) is 25.9 Å². The van der Waals surface area contributed by atoms with Crippen LogP contribution in [0.3, 0.4) is 0 Å². The normalized spacial score (nSPS) is 19.3. The number of nitrogens with zero attached hydrogens (tertiary/aromatic N) is 3. The highest BCUT2D eigenvalue weighted by Crippen LogP contribution is 2.18. The Bertz CT molecular complexity index is 424. The second-order valence-electron chi connectivity index (χ2n) is 4.70. The topological polar surface area (TPSA) is 55.3 Å². The molecular weight excluding hydrogens is 310 g/mol. The highest BCUT2D eigenvalue weighted by molar-refractivity contribution is 9.10. The third kappa shape index (κ3) is 4.16. The van der Waals surface area contributed by atoms with Crippen molar-refractivity contribution in [3.63, 3.8) is 0 Å². The lowest BCUT2D eigenvalue weighted by atomic mass is 9.99. The number of amides is 1. The predicted molar refractivity (Wildman–Crippen MR) is 74.8 cm³/mol. The molecule has 0 aromatic carbocycles. The van der Waals surface area contributed by atoms with Crippen molar-refractivity contribution in [2.75, 3.05) is 19.7 Å².